The molecule has 2 aromatic carbocycles. The molecular weight excluding hydrogens is 435 g/mol. The van der Waals surface area contributed by atoms with Gasteiger partial charge in [0.25, 0.3) is 5.91 Å². The molecule has 0 radical (unpaired) electrons. The van der Waals surface area contributed by atoms with E-state index in [1.54, 1.807) is 30.3 Å². The fourth-order valence-electron chi connectivity index (χ4n) is 3.78. The molecular formula is C26H25FN4OS. The Morgan fingerprint density at radius 1 is 0.939 bits per heavy atom. The zero-order chi connectivity index (χ0) is 23.5. The number of halogens is 1. The second-order valence-corrected chi connectivity index (χ2v) is 9.14. The zero-order valence-electron chi connectivity index (χ0n) is 18.9. The van der Waals surface area contributed by atoms with E-state index in [2.05, 4.69) is 20.6 Å². The Balaban J connectivity index is 1.81. The fourth-order valence-corrected chi connectivity index (χ4v) is 4.88. The third-order valence-electron chi connectivity index (χ3n) is 5.46. The first-order valence-electron chi connectivity index (χ1n) is 10.6. The molecule has 2 heterocycles. The molecule has 1 atom stereocenters. The lowest BCUT2D eigenvalue weighted by molar-refractivity contribution is 0.102. The van der Waals surface area contributed by atoms with Gasteiger partial charge < -0.3 is 10.6 Å². The first-order chi connectivity index (χ1) is 15.8. The summed E-state index contributed by atoms with van der Waals surface area (Å²) in [6.07, 6.45) is 0. The quantitative estimate of drug-likeness (QED) is 0.351. The van der Waals surface area contributed by atoms with Gasteiger partial charge in [-0.1, -0.05) is 36.4 Å². The predicted octanol–water partition coefficient (Wildman–Crippen LogP) is 6.36. The maximum Gasteiger partial charge on any atom is 0.256 e. The summed E-state index contributed by atoms with van der Waals surface area (Å²) in [6.45, 7) is 7.76. The maximum atomic E-state index is 15.0. The Kier molecular flexibility index (Phi) is 6.51. The molecule has 0 aliphatic rings. The van der Waals surface area contributed by atoms with Crippen LogP contribution in [0.3, 0.4) is 0 Å². The van der Waals surface area contributed by atoms with Crippen LogP contribution >= 0.6 is 11.3 Å². The highest BCUT2D eigenvalue weighted by Gasteiger charge is 2.27. The van der Waals surface area contributed by atoms with E-state index < -0.39 is 6.04 Å². The lowest BCUT2D eigenvalue weighted by Crippen LogP contribution is -2.19. The van der Waals surface area contributed by atoms with Crippen molar-refractivity contribution in [1.29, 1.82) is 0 Å². The minimum Gasteiger partial charge on any atom is -0.343 e. The molecule has 0 aliphatic heterocycles. The molecule has 0 bridgehead atoms. The summed E-state index contributed by atoms with van der Waals surface area (Å²) in [5.41, 5.74) is 4.42. The average molecular weight is 461 g/mol. The van der Waals surface area contributed by atoms with Crippen LogP contribution in [-0.4, -0.2) is 15.9 Å². The smallest absolute Gasteiger partial charge is 0.256 e. The average Bonchev–Trinajstić information content (AvgIpc) is 3.05. The summed E-state index contributed by atoms with van der Waals surface area (Å²) >= 11 is 1.47. The van der Waals surface area contributed by atoms with Crippen molar-refractivity contribution in [1.82, 2.24) is 9.97 Å². The van der Waals surface area contributed by atoms with Crippen molar-refractivity contribution >= 4 is 28.2 Å². The summed E-state index contributed by atoms with van der Waals surface area (Å²) in [7, 11) is 0. The number of anilines is 2. The standard InChI is InChI=1S/C26H25FN4OS/c1-15-14-16(2)29-26(28-15)30-23(20-12-8-9-13-21(20)27)22-17(3)18(4)33-25(22)31-24(32)19-10-6-5-7-11-19/h5-14,23H,1-4H3,(H,31,32)(H,28,29,30). The highest BCUT2D eigenvalue weighted by atomic mass is 32.1. The number of amides is 1. The van der Waals surface area contributed by atoms with Crippen molar-refractivity contribution < 1.29 is 9.18 Å². The predicted molar refractivity (Wildman–Crippen MR) is 132 cm³/mol. The van der Waals surface area contributed by atoms with Gasteiger partial charge in [0.1, 0.15) is 10.8 Å². The minimum absolute atomic E-state index is 0.215. The summed E-state index contributed by atoms with van der Waals surface area (Å²) in [5, 5.41) is 7.05. The fraction of sp³-hybridized carbons (Fsp3) is 0.192. The van der Waals surface area contributed by atoms with Gasteiger partial charge in [0.15, 0.2) is 0 Å². The van der Waals surface area contributed by atoms with Crippen LogP contribution in [0.25, 0.3) is 0 Å². The van der Waals surface area contributed by atoms with Gasteiger partial charge in [0.2, 0.25) is 5.95 Å². The number of nitrogens with zero attached hydrogens (tertiary/aromatic N) is 2. The Morgan fingerprint density at radius 3 is 2.24 bits per heavy atom. The maximum absolute atomic E-state index is 15.0. The van der Waals surface area contributed by atoms with E-state index in [0.717, 1.165) is 27.4 Å². The number of aryl methyl sites for hydroxylation is 3. The number of benzene rings is 2. The number of thiophene rings is 1. The molecule has 0 saturated carbocycles. The van der Waals surface area contributed by atoms with E-state index in [0.29, 0.717) is 22.1 Å². The van der Waals surface area contributed by atoms with Gasteiger partial charge in [-0.25, -0.2) is 14.4 Å². The molecule has 5 nitrogen and oxygen atoms in total. The number of hydrogen-bond donors (Lipinski definition) is 2. The third kappa shape index (κ3) is 4.93. The molecule has 4 rings (SSSR count). The van der Waals surface area contributed by atoms with Gasteiger partial charge in [-0.05, 0) is 57.5 Å². The molecule has 1 unspecified atom stereocenters. The van der Waals surface area contributed by atoms with Crippen molar-refractivity contribution in [2.24, 2.45) is 0 Å². The SMILES string of the molecule is Cc1cc(C)nc(NC(c2ccccc2F)c2c(NC(=O)c3ccccc3)sc(C)c2C)n1. The Bertz CT molecular complexity index is 1280. The van der Waals surface area contributed by atoms with Gasteiger partial charge in [-0.3, -0.25) is 4.79 Å². The van der Waals surface area contributed by atoms with Gasteiger partial charge in [-0.15, -0.1) is 11.3 Å². The van der Waals surface area contributed by atoms with Gasteiger partial charge in [0, 0.05) is 33.0 Å². The lowest BCUT2D eigenvalue weighted by Gasteiger charge is -2.22. The first kappa shape index (κ1) is 22.6. The molecule has 2 aromatic heterocycles. The van der Waals surface area contributed by atoms with Crippen molar-refractivity contribution in [3.05, 3.63) is 105 Å². The van der Waals surface area contributed by atoms with E-state index >= 15 is 4.39 Å². The van der Waals surface area contributed by atoms with Crippen molar-refractivity contribution in [3.8, 4) is 0 Å². The Labute approximate surface area is 196 Å². The Morgan fingerprint density at radius 2 is 1.58 bits per heavy atom. The second kappa shape index (κ2) is 9.50. The van der Waals surface area contributed by atoms with Crippen LogP contribution in [0.15, 0.2) is 60.7 Å². The highest BCUT2D eigenvalue weighted by Crippen LogP contribution is 2.41. The number of carbonyl (C=O) groups is 1. The number of hydrogen-bond acceptors (Lipinski definition) is 5. The van der Waals surface area contributed by atoms with Gasteiger partial charge in [-0.2, -0.15) is 0 Å². The Hall–Kier alpha value is -3.58. The monoisotopic (exact) mass is 460 g/mol. The van der Waals surface area contributed by atoms with Crippen molar-refractivity contribution in [3.63, 3.8) is 0 Å². The molecule has 0 saturated heterocycles. The van der Waals surface area contributed by atoms with Crippen LogP contribution in [0.2, 0.25) is 0 Å². The molecule has 0 aliphatic carbocycles. The second-order valence-electron chi connectivity index (χ2n) is 7.92. The van der Waals surface area contributed by atoms with Crippen LogP contribution in [0.4, 0.5) is 15.3 Å². The van der Waals surface area contributed by atoms with Crippen LogP contribution in [0, 0.1) is 33.5 Å². The number of carbonyl (C=O) groups excluding carboxylic acids is 1. The van der Waals surface area contributed by atoms with E-state index in [1.165, 1.54) is 17.4 Å². The summed E-state index contributed by atoms with van der Waals surface area (Å²) in [4.78, 5) is 23.0. The largest absolute Gasteiger partial charge is 0.343 e. The molecule has 0 fully saturated rings. The molecule has 33 heavy (non-hydrogen) atoms. The number of rotatable bonds is 6. The first-order valence-corrected chi connectivity index (χ1v) is 11.4. The van der Waals surface area contributed by atoms with Crippen molar-refractivity contribution in [2.45, 2.75) is 33.7 Å². The topological polar surface area (TPSA) is 66.9 Å². The molecule has 4 aromatic rings. The number of aromatic nitrogens is 2. The van der Waals surface area contributed by atoms with Crippen molar-refractivity contribution in [2.75, 3.05) is 10.6 Å². The van der Waals surface area contributed by atoms with Crippen LogP contribution < -0.4 is 10.6 Å². The van der Waals surface area contributed by atoms with Crippen LogP contribution in [-0.2, 0) is 0 Å². The summed E-state index contributed by atoms with van der Waals surface area (Å²) in [5.74, 6) is -0.152. The van der Waals surface area contributed by atoms with E-state index in [9.17, 15) is 4.79 Å². The zero-order valence-corrected chi connectivity index (χ0v) is 19.8. The molecule has 2 N–H and O–H groups in total. The molecule has 1 amide bonds. The number of nitrogens with one attached hydrogen (secondary N) is 2. The van der Waals surface area contributed by atoms with E-state index in [4.69, 9.17) is 0 Å². The molecule has 7 heteroatoms. The lowest BCUT2D eigenvalue weighted by atomic mass is 9.96. The van der Waals surface area contributed by atoms with Gasteiger partial charge in [0.05, 0.1) is 6.04 Å². The van der Waals surface area contributed by atoms with Crippen LogP contribution in [0.5, 0.6) is 0 Å². The minimum atomic E-state index is -0.594. The third-order valence-corrected chi connectivity index (χ3v) is 6.59. The van der Waals surface area contributed by atoms with Gasteiger partial charge >= 0.3 is 0 Å². The molecule has 168 valence electrons. The normalized spacial score (nSPS) is 11.8. The van der Waals surface area contributed by atoms with Crippen LogP contribution in [0.1, 0.15) is 49.4 Å². The summed E-state index contributed by atoms with van der Waals surface area (Å²) in [6, 6.07) is 17.0. The van der Waals surface area contributed by atoms with E-state index in [-0.39, 0.29) is 11.7 Å². The summed E-state index contributed by atoms with van der Waals surface area (Å²) < 4.78 is 15.0. The molecule has 0 spiro atoms. The highest BCUT2D eigenvalue weighted by molar-refractivity contribution is 7.16. The van der Waals surface area contributed by atoms with E-state index in [1.807, 2.05) is 52.0 Å².